The second-order valence-corrected chi connectivity index (χ2v) is 3.90. The van der Waals surface area contributed by atoms with Crippen LogP contribution in [0.25, 0.3) is 0 Å². The second kappa shape index (κ2) is 5.32. The van der Waals surface area contributed by atoms with E-state index in [1.54, 1.807) is 0 Å². The highest BCUT2D eigenvalue weighted by molar-refractivity contribution is 5.78. The number of hydrogen-bond donors (Lipinski definition) is 2. The van der Waals surface area contributed by atoms with Gasteiger partial charge in [0.2, 0.25) is 5.91 Å². The first-order valence-corrected chi connectivity index (χ1v) is 5.23. The normalized spacial score (nSPS) is 27.3. The summed E-state index contributed by atoms with van der Waals surface area (Å²) in [4.78, 5) is 11.4. The second-order valence-electron chi connectivity index (χ2n) is 3.90. The zero-order chi connectivity index (χ0) is 10.4. The van der Waals surface area contributed by atoms with Crippen molar-refractivity contribution in [1.82, 2.24) is 10.6 Å². The first kappa shape index (κ1) is 11.5. The molecule has 0 aromatic rings. The van der Waals surface area contributed by atoms with Crippen molar-refractivity contribution < 1.29 is 9.53 Å². The Bertz CT molecular complexity index is 189. The van der Waals surface area contributed by atoms with Crippen molar-refractivity contribution in [3.63, 3.8) is 0 Å². The van der Waals surface area contributed by atoms with E-state index in [0.717, 1.165) is 32.4 Å². The molecule has 1 unspecified atom stereocenters. The minimum atomic E-state index is -0.0478. The summed E-state index contributed by atoms with van der Waals surface area (Å²) in [6, 6.07) is 0. The molecule has 1 fully saturated rings. The number of rotatable bonds is 4. The summed E-state index contributed by atoms with van der Waals surface area (Å²) in [5, 5.41) is 6.38. The monoisotopic (exact) mass is 200 g/mol. The number of ether oxygens (including phenoxy) is 1. The van der Waals surface area contributed by atoms with Gasteiger partial charge in [-0.15, -0.1) is 0 Å². The molecule has 1 rings (SSSR count). The summed E-state index contributed by atoms with van der Waals surface area (Å²) in [5.74, 6) is -0.0157. The molecule has 82 valence electrons. The molecule has 4 heteroatoms. The maximum atomic E-state index is 11.4. The molecule has 4 nitrogen and oxygen atoms in total. The van der Waals surface area contributed by atoms with Gasteiger partial charge in [0.05, 0.1) is 5.54 Å². The summed E-state index contributed by atoms with van der Waals surface area (Å²) in [5.41, 5.74) is -0.0478. The highest BCUT2D eigenvalue weighted by Crippen LogP contribution is 2.19. The molecule has 1 amide bonds. The van der Waals surface area contributed by atoms with E-state index in [9.17, 15) is 4.79 Å². The van der Waals surface area contributed by atoms with Crippen LogP contribution in [0.15, 0.2) is 0 Å². The van der Waals surface area contributed by atoms with Gasteiger partial charge in [-0.25, -0.2) is 0 Å². The van der Waals surface area contributed by atoms with Crippen LogP contribution in [0, 0.1) is 0 Å². The van der Waals surface area contributed by atoms with Crippen molar-refractivity contribution in [3.05, 3.63) is 0 Å². The van der Waals surface area contributed by atoms with Gasteiger partial charge in [0, 0.05) is 13.7 Å². The standard InChI is InChI=1S/C10H20N2O2/c1-3-10(5-4-6-11-8-10)12-9(13)7-14-2/h11H,3-8H2,1-2H3,(H,12,13). The van der Waals surface area contributed by atoms with Crippen LogP contribution in [-0.2, 0) is 9.53 Å². The lowest BCUT2D eigenvalue weighted by molar-refractivity contribution is -0.127. The first-order valence-electron chi connectivity index (χ1n) is 5.23. The Morgan fingerprint density at radius 2 is 2.43 bits per heavy atom. The van der Waals surface area contributed by atoms with Crippen LogP contribution >= 0.6 is 0 Å². The van der Waals surface area contributed by atoms with Gasteiger partial charge in [-0.05, 0) is 25.8 Å². The van der Waals surface area contributed by atoms with E-state index >= 15 is 0 Å². The summed E-state index contributed by atoms with van der Waals surface area (Å²) >= 11 is 0. The zero-order valence-electron chi connectivity index (χ0n) is 9.06. The molecule has 1 atom stereocenters. The number of carbonyl (C=O) groups is 1. The molecule has 0 aromatic carbocycles. The van der Waals surface area contributed by atoms with Crippen LogP contribution in [0.3, 0.4) is 0 Å². The molecule has 0 radical (unpaired) electrons. The van der Waals surface area contributed by atoms with Gasteiger partial charge < -0.3 is 15.4 Å². The maximum Gasteiger partial charge on any atom is 0.246 e. The lowest BCUT2D eigenvalue weighted by Gasteiger charge is -2.37. The molecular weight excluding hydrogens is 180 g/mol. The number of amides is 1. The molecule has 2 N–H and O–H groups in total. The van der Waals surface area contributed by atoms with E-state index in [1.165, 1.54) is 7.11 Å². The van der Waals surface area contributed by atoms with Gasteiger partial charge in [0.25, 0.3) is 0 Å². The lowest BCUT2D eigenvalue weighted by atomic mass is 9.87. The Labute approximate surface area is 85.4 Å². The fourth-order valence-electron chi connectivity index (χ4n) is 1.93. The van der Waals surface area contributed by atoms with Crippen molar-refractivity contribution in [2.75, 3.05) is 26.8 Å². The summed E-state index contributed by atoms with van der Waals surface area (Å²) in [6.07, 6.45) is 3.16. The first-order chi connectivity index (χ1) is 6.72. The quantitative estimate of drug-likeness (QED) is 0.685. The Morgan fingerprint density at radius 3 is 2.93 bits per heavy atom. The third kappa shape index (κ3) is 2.96. The van der Waals surface area contributed by atoms with Crippen molar-refractivity contribution in [1.29, 1.82) is 0 Å². The van der Waals surface area contributed by atoms with E-state index in [2.05, 4.69) is 17.6 Å². The fraction of sp³-hybridized carbons (Fsp3) is 0.900. The van der Waals surface area contributed by atoms with Crippen molar-refractivity contribution in [2.45, 2.75) is 31.7 Å². The number of piperidine rings is 1. The fourth-order valence-corrected chi connectivity index (χ4v) is 1.93. The molecule has 1 aliphatic rings. The predicted molar refractivity (Wildman–Crippen MR) is 55.1 cm³/mol. The summed E-state index contributed by atoms with van der Waals surface area (Å²) < 4.78 is 4.80. The molecule has 0 aromatic heterocycles. The Balaban J connectivity index is 2.47. The van der Waals surface area contributed by atoms with E-state index < -0.39 is 0 Å². The van der Waals surface area contributed by atoms with Crippen LogP contribution in [0.2, 0.25) is 0 Å². The largest absolute Gasteiger partial charge is 0.375 e. The van der Waals surface area contributed by atoms with Gasteiger partial charge in [-0.2, -0.15) is 0 Å². The summed E-state index contributed by atoms with van der Waals surface area (Å²) in [7, 11) is 1.54. The van der Waals surface area contributed by atoms with Crippen molar-refractivity contribution in [2.24, 2.45) is 0 Å². The maximum absolute atomic E-state index is 11.4. The smallest absolute Gasteiger partial charge is 0.246 e. The Kier molecular flexibility index (Phi) is 4.35. The minimum Gasteiger partial charge on any atom is -0.375 e. The molecule has 0 spiro atoms. The van der Waals surface area contributed by atoms with Crippen LogP contribution < -0.4 is 10.6 Å². The molecule has 14 heavy (non-hydrogen) atoms. The third-order valence-electron chi connectivity index (χ3n) is 2.83. The van der Waals surface area contributed by atoms with Gasteiger partial charge in [-0.1, -0.05) is 6.92 Å². The minimum absolute atomic E-state index is 0.0157. The van der Waals surface area contributed by atoms with Crippen molar-refractivity contribution in [3.8, 4) is 0 Å². The molecule has 0 aliphatic carbocycles. The number of hydrogen-bond acceptors (Lipinski definition) is 3. The van der Waals surface area contributed by atoms with E-state index in [1.807, 2.05) is 0 Å². The SMILES string of the molecule is CCC1(NC(=O)COC)CCCNC1. The Hall–Kier alpha value is -0.610. The predicted octanol–water partition coefficient (Wildman–Crippen LogP) is 0.281. The van der Waals surface area contributed by atoms with Gasteiger partial charge in [0.15, 0.2) is 0 Å². The van der Waals surface area contributed by atoms with Crippen LogP contribution in [0.1, 0.15) is 26.2 Å². The molecule has 1 saturated heterocycles. The van der Waals surface area contributed by atoms with E-state index in [4.69, 9.17) is 4.74 Å². The number of methoxy groups -OCH3 is 1. The molecular formula is C10H20N2O2. The van der Waals surface area contributed by atoms with Gasteiger partial charge >= 0.3 is 0 Å². The highest BCUT2D eigenvalue weighted by atomic mass is 16.5. The molecule has 0 bridgehead atoms. The average molecular weight is 200 g/mol. The highest BCUT2D eigenvalue weighted by Gasteiger charge is 2.31. The zero-order valence-corrected chi connectivity index (χ0v) is 9.06. The van der Waals surface area contributed by atoms with E-state index in [0.29, 0.717) is 0 Å². The topological polar surface area (TPSA) is 50.4 Å². The van der Waals surface area contributed by atoms with Crippen LogP contribution in [0.4, 0.5) is 0 Å². The van der Waals surface area contributed by atoms with Gasteiger partial charge in [-0.3, -0.25) is 4.79 Å². The van der Waals surface area contributed by atoms with Gasteiger partial charge in [0.1, 0.15) is 6.61 Å². The average Bonchev–Trinajstić information content (AvgIpc) is 2.19. The lowest BCUT2D eigenvalue weighted by Crippen LogP contribution is -2.57. The Morgan fingerprint density at radius 1 is 1.64 bits per heavy atom. The molecule has 1 aliphatic heterocycles. The summed E-state index contributed by atoms with van der Waals surface area (Å²) in [6.45, 7) is 4.20. The van der Waals surface area contributed by atoms with Crippen molar-refractivity contribution >= 4 is 5.91 Å². The van der Waals surface area contributed by atoms with Crippen LogP contribution in [0.5, 0.6) is 0 Å². The number of carbonyl (C=O) groups excluding carboxylic acids is 1. The third-order valence-corrected chi connectivity index (χ3v) is 2.83. The van der Waals surface area contributed by atoms with E-state index in [-0.39, 0.29) is 18.1 Å². The molecule has 1 heterocycles. The van der Waals surface area contributed by atoms with Crippen LogP contribution in [-0.4, -0.2) is 38.3 Å². The number of nitrogens with one attached hydrogen (secondary N) is 2. The molecule has 0 saturated carbocycles.